The molecular formula is C17H34O14. The van der Waals surface area contributed by atoms with Crippen molar-refractivity contribution in [2.24, 2.45) is 0 Å². The van der Waals surface area contributed by atoms with Crippen LogP contribution in [0.5, 0.6) is 0 Å². The van der Waals surface area contributed by atoms with Gasteiger partial charge in [-0.2, -0.15) is 0 Å². The van der Waals surface area contributed by atoms with E-state index in [1.165, 1.54) is 6.92 Å². The lowest BCUT2D eigenvalue weighted by Gasteiger charge is -2.39. The summed E-state index contributed by atoms with van der Waals surface area (Å²) in [5.41, 5.74) is 0. The maximum Gasteiger partial charge on any atom is 0.184 e. The van der Waals surface area contributed by atoms with Crippen LogP contribution >= 0.6 is 0 Å². The Bertz CT molecular complexity index is 468. The molecule has 0 saturated carbocycles. The van der Waals surface area contributed by atoms with Gasteiger partial charge in [0.1, 0.15) is 55.6 Å². The molecule has 0 bridgehead atoms. The third-order valence-electron chi connectivity index (χ3n) is 4.63. The first-order chi connectivity index (χ1) is 14.7. The fourth-order valence-corrected chi connectivity index (χ4v) is 2.76. The third-order valence-corrected chi connectivity index (χ3v) is 4.63. The van der Waals surface area contributed by atoms with Crippen LogP contribution in [-0.2, 0) is 23.7 Å². The van der Waals surface area contributed by atoms with Gasteiger partial charge in [0.15, 0.2) is 12.6 Å². The predicted octanol–water partition coefficient (Wildman–Crippen LogP) is -5.41. The number of aliphatic hydroxyl groups is 9. The molecule has 1 heterocycles. The topological polar surface area (TPSA) is 228 Å². The second kappa shape index (κ2) is 14.6. The molecule has 0 aliphatic carbocycles. The number of ether oxygens (including phenoxy) is 5. The third kappa shape index (κ3) is 8.71. The van der Waals surface area contributed by atoms with Gasteiger partial charge in [-0.25, -0.2) is 0 Å². The number of rotatable bonds is 15. The van der Waals surface area contributed by atoms with Gasteiger partial charge in [0.2, 0.25) is 0 Å². The van der Waals surface area contributed by atoms with Gasteiger partial charge in [-0.3, -0.25) is 0 Å². The molecule has 7 unspecified atom stereocenters. The van der Waals surface area contributed by atoms with Gasteiger partial charge in [-0.15, -0.1) is 0 Å². The Hall–Kier alpha value is -0.560. The summed E-state index contributed by atoms with van der Waals surface area (Å²) in [5.74, 6) is 0. The van der Waals surface area contributed by atoms with Crippen molar-refractivity contribution in [3.63, 3.8) is 0 Å². The SMILES string of the molecule is CC(OCC(CO)OCO[C@@H]1C(CO)O[C@@H](O)C(O)C1O)OC(CO)[C@@H](O)C(O)CO. The van der Waals surface area contributed by atoms with Gasteiger partial charge in [0, 0.05) is 0 Å². The molecule has 1 rings (SSSR count). The van der Waals surface area contributed by atoms with Gasteiger partial charge in [0.05, 0.1) is 33.0 Å². The first kappa shape index (κ1) is 28.5. The molecule has 1 aliphatic rings. The van der Waals surface area contributed by atoms with Crippen molar-refractivity contribution >= 4 is 0 Å². The molecule has 9 N–H and O–H groups in total. The van der Waals surface area contributed by atoms with Crippen LogP contribution in [0.1, 0.15) is 6.92 Å². The minimum atomic E-state index is -1.69. The van der Waals surface area contributed by atoms with E-state index in [4.69, 9.17) is 28.8 Å². The maximum atomic E-state index is 9.97. The van der Waals surface area contributed by atoms with Crippen molar-refractivity contribution < 1.29 is 69.6 Å². The van der Waals surface area contributed by atoms with Gasteiger partial charge in [0.25, 0.3) is 0 Å². The van der Waals surface area contributed by atoms with E-state index in [9.17, 15) is 40.9 Å². The van der Waals surface area contributed by atoms with Crippen LogP contribution in [0, 0.1) is 0 Å². The van der Waals surface area contributed by atoms with Crippen molar-refractivity contribution in [1.29, 1.82) is 0 Å². The zero-order chi connectivity index (χ0) is 23.6. The summed E-state index contributed by atoms with van der Waals surface area (Å²) in [6.07, 6.45) is -13.5. The molecule has 0 radical (unpaired) electrons. The van der Waals surface area contributed by atoms with E-state index in [2.05, 4.69) is 0 Å². The molecule has 1 fully saturated rings. The lowest BCUT2D eigenvalue weighted by Crippen LogP contribution is -2.59. The molecule has 31 heavy (non-hydrogen) atoms. The van der Waals surface area contributed by atoms with Crippen LogP contribution in [0.15, 0.2) is 0 Å². The van der Waals surface area contributed by atoms with Crippen LogP contribution in [0.25, 0.3) is 0 Å². The summed E-state index contributed by atoms with van der Waals surface area (Å²) in [5, 5.41) is 85.0. The lowest BCUT2D eigenvalue weighted by atomic mass is 9.99. The van der Waals surface area contributed by atoms with E-state index in [0.29, 0.717) is 0 Å². The minimum absolute atomic E-state index is 0.216. The Morgan fingerprint density at radius 2 is 1.58 bits per heavy atom. The first-order valence-electron chi connectivity index (χ1n) is 9.69. The molecule has 0 aromatic heterocycles. The predicted molar refractivity (Wildman–Crippen MR) is 98.2 cm³/mol. The molecule has 0 amide bonds. The average molecular weight is 462 g/mol. The average Bonchev–Trinajstić information content (AvgIpc) is 2.77. The van der Waals surface area contributed by atoms with Crippen LogP contribution < -0.4 is 0 Å². The summed E-state index contributed by atoms with van der Waals surface area (Å²) in [7, 11) is 0. The number of aliphatic hydroxyl groups excluding tert-OH is 9. The van der Waals surface area contributed by atoms with E-state index in [1.54, 1.807) is 0 Å². The fourth-order valence-electron chi connectivity index (χ4n) is 2.76. The van der Waals surface area contributed by atoms with Crippen molar-refractivity contribution in [3.05, 3.63) is 0 Å². The summed E-state index contributed by atoms with van der Waals surface area (Å²) in [6, 6.07) is 0. The molecule has 0 aromatic carbocycles. The Labute approximate surface area is 178 Å². The molecule has 14 nitrogen and oxygen atoms in total. The van der Waals surface area contributed by atoms with Crippen LogP contribution in [0.3, 0.4) is 0 Å². The highest BCUT2D eigenvalue weighted by molar-refractivity contribution is 4.89. The van der Waals surface area contributed by atoms with Gasteiger partial charge >= 0.3 is 0 Å². The second-order valence-corrected chi connectivity index (χ2v) is 6.95. The molecular weight excluding hydrogens is 428 g/mol. The van der Waals surface area contributed by atoms with Crippen molar-refractivity contribution in [1.82, 2.24) is 0 Å². The lowest BCUT2D eigenvalue weighted by molar-refractivity contribution is -0.306. The first-order valence-corrected chi connectivity index (χ1v) is 9.69. The quantitative estimate of drug-likeness (QED) is 0.103. The highest BCUT2D eigenvalue weighted by Crippen LogP contribution is 2.22. The summed E-state index contributed by atoms with van der Waals surface area (Å²) in [4.78, 5) is 0. The Balaban J connectivity index is 2.44. The smallest absolute Gasteiger partial charge is 0.184 e. The molecule has 10 atom stereocenters. The largest absolute Gasteiger partial charge is 0.394 e. The van der Waals surface area contributed by atoms with Gasteiger partial charge < -0.3 is 69.6 Å². The molecule has 1 aliphatic heterocycles. The minimum Gasteiger partial charge on any atom is -0.394 e. The van der Waals surface area contributed by atoms with Crippen LogP contribution in [-0.4, -0.2) is 147 Å². The highest BCUT2D eigenvalue weighted by atomic mass is 16.7. The van der Waals surface area contributed by atoms with Gasteiger partial charge in [-0.1, -0.05) is 0 Å². The van der Waals surface area contributed by atoms with Crippen LogP contribution in [0.2, 0.25) is 0 Å². The van der Waals surface area contributed by atoms with E-state index in [0.717, 1.165) is 0 Å². The maximum absolute atomic E-state index is 9.97. The van der Waals surface area contributed by atoms with E-state index in [-0.39, 0.29) is 6.61 Å². The molecule has 1 saturated heterocycles. The van der Waals surface area contributed by atoms with E-state index >= 15 is 0 Å². The Morgan fingerprint density at radius 1 is 0.903 bits per heavy atom. The van der Waals surface area contributed by atoms with Crippen LogP contribution in [0.4, 0.5) is 0 Å². The number of hydrogen-bond acceptors (Lipinski definition) is 14. The van der Waals surface area contributed by atoms with Gasteiger partial charge in [-0.05, 0) is 6.92 Å². The van der Waals surface area contributed by atoms with E-state index in [1.807, 2.05) is 0 Å². The number of hydrogen-bond donors (Lipinski definition) is 9. The van der Waals surface area contributed by atoms with E-state index < -0.39 is 94.6 Å². The summed E-state index contributed by atoms with van der Waals surface area (Å²) < 4.78 is 26.0. The summed E-state index contributed by atoms with van der Waals surface area (Å²) in [6.45, 7) is -1.76. The molecule has 14 heteroatoms. The highest BCUT2D eigenvalue weighted by Gasteiger charge is 2.44. The molecule has 186 valence electrons. The normalized spacial score (nSPS) is 31.7. The molecule has 0 spiro atoms. The molecule has 0 aromatic rings. The Kier molecular flexibility index (Phi) is 13.4. The van der Waals surface area contributed by atoms with Crippen molar-refractivity contribution in [2.45, 2.75) is 68.3 Å². The monoisotopic (exact) mass is 462 g/mol. The standard InChI is InChI=1S/C17H34O14/c1-8(30-11(4-20)13(23)10(22)3-19)27-6-9(2-18)28-7-29-16-12(5-21)31-17(26)15(25)14(16)24/h8-26H,2-7H2,1H3/t8?,9?,10?,11?,12?,13-,14?,15?,16+,17+/m0/s1. The fraction of sp³-hybridized carbons (Fsp3) is 1.00. The zero-order valence-electron chi connectivity index (χ0n) is 17.1. The van der Waals surface area contributed by atoms with Crippen molar-refractivity contribution in [3.8, 4) is 0 Å². The Morgan fingerprint density at radius 3 is 2.13 bits per heavy atom. The second-order valence-electron chi connectivity index (χ2n) is 6.95. The van der Waals surface area contributed by atoms with Crippen molar-refractivity contribution in [2.75, 3.05) is 39.8 Å². The zero-order valence-corrected chi connectivity index (χ0v) is 17.1. The summed E-state index contributed by atoms with van der Waals surface area (Å²) >= 11 is 0.